The smallest absolute Gasteiger partial charge is 0.190 e. The molecule has 86 valence electrons. The Morgan fingerprint density at radius 2 is 1.75 bits per heavy atom. The van der Waals surface area contributed by atoms with Crippen LogP contribution in [0.4, 0.5) is 0 Å². The minimum absolute atomic E-state index is 0.0810. The predicted molar refractivity (Wildman–Crippen MR) is 60.2 cm³/mol. The lowest BCUT2D eigenvalue weighted by atomic mass is 9.87. The van der Waals surface area contributed by atoms with Gasteiger partial charge in [0, 0.05) is 17.8 Å². The lowest BCUT2D eigenvalue weighted by Gasteiger charge is -2.15. The van der Waals surface area contributed by atoms with Crippen LogP contribution in [-0.2, 0) is 4.79 Å². The van der Waals surface area contributed by atoms with Crippen LogP contribution in [0.2, 0.25) is 0 Å². The molecule has 0 aliphatic rings. The van der Waals surface area contributed by atoms with E-state index in [1.807, 2.05) is 0 Å². The summed E-state index contributed by atoms with van der Waals surface area (Å²) in [6.45, 7) is 7.10. The molecule has 0 bridgehead atoms. The number of aryl methyl sites for hydroxylation is 1. The second-order valence-corrected chi connectivity index (χ2v) is 4.76. The summed E-state index contributed by atoms with van der Waals surface area (Å²) in [7, 11) is 0. The summed E-state index contributed by atoms with van der Waals surface area (Å²) >= 11 is 0. The largest absolute Gasteiger partial charge is 0.299 e. The van der Waals surface area contributed by atoms with E-state index >= 15 is 0 Å². The number of Topliss-reactive ketones (excluding diaryl/α,β-unsaturated/α-hetero) is 2. The van der Waals surface area contributed by atoms with Gasteiger partial charge in [-0.1, -0.05) is 20.8 Å². The molecular weight excluding hydrogens is 204 g/mol. The first-order chi connectivity index (χ1) is 7.32. The zero-order valence-corrected chi connectivity index (χ0v) is 10.1. The van der Waals surface area contributed by atoms with Gasteiger partial charge in [-0.3, -0.25) is 14.6 Å². The molecule has 0 spiro atoms. The molecule has 1 aromatic rings. The summed E-state index contributed by atoms with van der Waals surface area (Å²) in [5.41, 5.74) is 0.362. The van der Waals surface area contributed by atoms with Crippen molar-refractivity contribution in [1.82, 2.24) is 9.97 Å². The molecule has 0 amide bonds. The van der Waals surface area contributed by atoms with Crippen molar-refractivity contribution in [3.63, 3.8) is 0 Å². The number of carbonyl (C=O) groups is 2. The maximum absolute atomic E-state index is 11.8. The number of hydrogen-bond acceptors (Lipinski definition) is 4. The van der Waals surface area contributed by atoms with Gasteiger partial charge in [0.15, 0.2) is 5.78 Å². The van der Waals surface area contributed by atoms with Crippen LogP contribution in [0.3, 0.4) is 0 Å². The van der Waals surface area contributed by atoms with Crippen molar-refractivity contribution in [2.45, 2.75) is 34.1 Å². The van der Waals surface area contributed by atoms with E-state index in [0.717, 1.165) is 0 Å². The number of hydrogen-bond donors (Lipinski definition) is 0. The Kier molecular flexibility index (Phi) is 3.52. The monoisotopic (exact) mass is 220 g/mol. The van der Waals surface area contributed by atoms with Crippen LogP contribution < -0.4 is 0 Å². The first kappa shape index (κ1) is 12.5. The molecule has 0 aliphatic carbocycles. The quantitative estimate of drug-likeness (QED) is 0.577. The number of carbonyl (C=O) groups excluding carboxylic acids is 2. The van der Waals surface area contributed by atoms with E-state index < -0.39 is 5.41 Å². The van der Waals surface area contributed by atoms with Crippen LogP contribution in [0.15, 0.2) is 12.4 Å². The van der Waals surface area contributed by atoms with Gasteiger partial charge in [0.2, 0.25) is 0 Å². The number of nitrogens with zero attached hydrogens (tertiary/aromatic N) is 2. The molecule has 4 heteroatoms. The summed E-state index contributed by atoms with van der Waals surface area (Å²) in [6.07, 6.45) is 2.88. The fraction of sp³-hybridized carbons (Fsp3) is 0.500. The van der Waals surface area contributed by atoms with Gasteiger partial charge in [-0.05, 0) is 6.92 Å². The lowest BCUT2D eigenvalue weighted by molar-refractivity contribution is -0.125. The van der Waals surface area contributed by atoms with Gasteiger partial charge in [-0.25, -0.2) is 4.98 Å². The van der Waals surface area contributed by atoms with Gasteiger partial charge in [0.1, 0.15) is 11.5 Å². The van der Waals surface area contributed by atoms with Crippen molar-refractivity contribution in [3.05, 3.63) is 23.8 Å². The third-order valence-corrected chi connectivity index (χ3v) is 2.30. The third-order valence-electron chi connectivity index (χ3n) is 2.30. The number of ketones is 2. The SMILES string of the molecule is Cc1nccnc1C(=O)CC(=O)C(C)(C)C. The molecule has 0 aliphatic heterocycles. The maximum atomic E-state index is 11.8. The fourth-order valence-corrected chi connectivity index (χ4v) is 1.18. The zero-order chi connectivity index (χ0) is 12.3. The topological polar surface area (TPSA) is 59.9 Å². The molecule has 1 rings (SSSR count). The lowest BCUT2D eigenvalue weighted by Crippen LogP contribution is -2.23. The summed E-state index contributed by atoms with van der Waals surface area (Å²) in [5, 5.41) is 0. The van der Waals surface area contributed by atoms with Gasteiger partial charge in [-0.15, -0.1) is 0 Å². The molecule has 1 heterocycles. The maximum Gasteiger partial charge on any atom is 0.190 e. The van der Waals surface area contributed by atoms with Crippen LogP contribution in [0.25, 0.3) is 0 Å². The summed E-state index contributed by atoms with van der Waals surface area (Å²) in [6, 6.07) is 0. The Labute approximate surface area is 95.1 Å². The predicted octanol–water partition coefficient (Wildman–Crippen LogP) is 1.97. The molecule has 16 heavy (non-hydrogen) atoms. The second-order valence-electron chi connectivity index (χ2n) is 4.76. The van der Waals surface area contributed by atoms with Gasteiger partial charge >= 0.3 is 0 Å². The summed E-state index contributed by atoms with van der Waals surface area (Å²) in [5.74, 6) is -0.340. The van der Waals surface area contributed by atoms with Crippen LogP contribution in [-0.4, -0.2) is 21.5 Å². The Morgan fingerprint density at radius 3 is 2.25 bits per heavy atom. The van der Waals surface area contributed by atoms with Crippen molar-refractivity contribution in [1.29, 1.82) is 0 Å². The fourth-order valence-electron chi connectivity index (χ4n) is 1.18. The Hall–Kier alpha value is -1.58. The molecule has 0 fully saturated rings. The van der Waals surface area contributed by atoms with Crippen LogP contribution >= 0.6 is 0 Å². The molecule has 0 unspecified atom stereocenters. The van der Waals surface area contributed by atoms with Crippen molar-refractivity contribution in [2.75, 3.05) is 0 Å². The third kappa shape index (κ3) is 2.95. The second kappa shape index (κ2) is 4.51. The molecule has 0 radical (unpaired) electrons. The van der Waals surface area contributed by atoms with E-state index in [1.54, 1.807) is 27.7 Å². The molecule has 0 saturated heterocycles. The molecule has 0 aromatic carbocycles. The molecule has 0 atom stereocenters. The van der Waals surface area contributed by atoms with Crippen LogP contribution in [0.5, 0.6) is 0 Å². The summed E-state index contributed by atoms with van der Waals surface area (Å²) < 4.78 is 0. The van der Waals surface area contributed by atoms with E-state index in [1.165, 1.54) is 12.4 Å². The highest BCUT2D eigenvalue weighted by molar-refractivity contribution is 6.08. The van der Waals surface area contributed by atoms with Gasteiger partial charge in [-0.2, -0.15) is 0 Å². The zero-order valence-electron chi connectivity index (χ0n) is 10.1. The highest BCUT2D eigenvalue weighted by atomic mass is 16.1. The van der Waals surface area contributed by atoms with E-state index in [4.69, 9.17) is 0 Å². The van der Waals surface area contributed by atoms with Gasteiger partial charge in [0.05, 0.1) is 12.1 Å². The number of rotatable bonds is 3. The van der Waals surface area contributed by atoms with E-state index in [0.29, 0.717) is 11.4 Å². The molecule has 4 nitrogen and oxygen atoms in total. The molecular formula is C12H16N2O2. The van der Waals surface area contributed by atoms with Crippen LogP contribution in [0.1, 0.15) is 43.4 Å². The first-order valence-electron chi connectivity index (χ1n) is 5.16. The summed E-state index contributed by atoms with van der Waals surface area (Å²) in [4.78, 5) is 31.4. The highest BCUT2D eigenvalue weighted by Crippen LogP contribution is 2.18. The van der Waals surface area contributed by atoms with E-state index in [2.05, 4.69) is 9.97 Å². The van der Waals surface area contributed by atoms with Gasteiger partial charge in [0.25, 0.3) is 0 Å². The van der Waals surface area contributed by atoms with Gasteiger partial charge < -0.3 is 0 Å². The molecule has 1 aromatic heterocycles. The first-order valence-corrected chi connectivity index (χ1v) is 5.16. The van der Waals surface area contributed by atoms with Crippen LogP contribution in [0, 0.1) is 12.3 Å². The van der Waals surface area contributed by atoms with E-state index in [-0.39, 0.29) is 18.0 Å². The standard InChI is InChI=1S/C12H16N2O2/c1-8-11(14-6-5-13-8)9(15)7-10(16)12(2,3)4/h5-6H,7H2,1-4H3. The highest BCUT2D eigenvalue weighted by Gasteiger charge is 2.25. The van der Waals surface area contributed by atoms with Crippen molar-refractivity contribution in [3.8, 4) is 0 Å². The molecule has 0 N–H and O–H groups in total. The average molecular weight is 220 g/mol. The van der Waals surface area contributed by atoms with Crippen molar-refractivity contribution in [2.24, 2.45) is 5.41 Å². The Bertz CT molecular complexity index is 419. The minimum Gasteiger partial charge on any atom is -0.299 e. The Balaban J connectivity index is 2.82. The number of aromatic nitrogens is 2. The van der Waals surface area contributed by atoms with E-state index in [9.17, 15) is 9.59 Å². The normalized spacial score (nSPS) is 11.2. The minimum atomic E-state index is -0.494. The Morgan fingerprint density at radius 1 is 1.19 bits per heavy atom. The molecule has 0 saturated carbocycles. The average Bonchev–Trinajstić information content (AvgIpc) is 2.16. The van der Waals surface area contributed by atoms with Crippen molar-refractivity contribution >= 4 is 11.6 Å². The van der Waals surface area contributed by atoms with Crippen molar-refractivity contribution < 1.29 is 9.59 Å².